The molecule has 3 rings (SSSR count). The lowest BCUT2D eigenvalue weighted by atomic mass is 9.97. The number of urea groups is 1. The third-order valence-corrected chi connectivity index (χ3v) is 4.50. The first-order valence-electron chi connectivity index (χ1n) is 8.59. The summed E-state index contributed by atoms with van der Waals surface area (Å²) in [6, 6.07) is 5.88. The normalized spacial score (nSPS) is 17.1. The number of carbonyl (C=O) groups is 2. The largest absolute Gasteiger partial charge is 0.368 e. The Morgan fingerprint density at radius 3 is 2.81 bits per heavy atom. The van der Waals surface area contributed by atoms with E-state index >= 15 is 0 Å². The van der Waals surface area contributed by atoms with Crippen molar-refractivity contribution in [3.05, 3.63) is 53.9 Å². The van der Waals surface area contributed by atoms with E-state index in [1.807, 2.05) is 0 Å². The topological polar surface area (TPSA) is 93.2 Å². The van der Waals surface area contributed by atoms with Crippen molar-refractivity contribution in [2.24, 2.45) is 5.73 Å². The number of likely N-dealkylation sites (tertiary alicyclic amines) is 1. The monoisotopic (exact) mass is 359 g/mol. The first kappa shape index (κ1) is 17.9. The Labute approximate surface area is 151 Å². The molecule has 138 valence electrons. The Bertz CT molecular complexity index is 774. The highest BCUT2D eigenvalue weighted by Gasteiger charge is 2.27. The molecular formula is C18H22FN5O2. The van der Waals surface area contributed by atoms with Gasteiger partial charge in [-0.15, -0.1) is 0 Å². The van der Waals surface area contributed by atoms with Crippen LogP contribution in [0, 0.1) is 5.82 Å². The van der Waals surface area contributed by atoms with Crippen molar-refractivity contribution in [2.45, 2.75) is 31.8 Å². The lowest BCUT2D eigenvalue weighted by molar-refractivity contribution is -0.118. The van der Waals surface area contributed by atoms with Crippen LogP contribution in [0.3, 0.4) is 0 Å². The van der Waals surface area contributed by atoms with Crippen LogP contribution in [0.2, 0.25) is 0 Å². The third-order valence-electron chi connectivity index (χ3n) is 4.50. The number of hydrogen-bond donors (Lipinski definition) is 2. The molecule has 0 bridgehead atoms. The van der Waals surface area contributed by atoms with Gasteiger partial charge in [0.05, 0.1) is 0 Å². The second kappa shape index (κ2) is 7.99. The number of nitrogens with one attached hydrogen (secondary N) is 1. The molecule has 2 aromatic rings. The summed E-state index contributed by atoms with van der Waals surface area (Å²) in [5.74, 6) is 0.119. The second-order valence-corrected chi connectivity index (χ2v) is 6.45. The van der Waals surface area contributed by atoms with Crippen LogP contribution in [0.5, 0.6) is 0 Å². The van der Waals surface area contributed by atoms with Gasteiger partial charge in [0.25, 0.3) is 0 Å². The minimum Gasteiger partial charge on any atom is -0.368 e. The molecule has 8 heteroatoms. The van der Waals surface area contributed by atoms with Crippen LogP contribution < -0.4 is 11.1 Å². The minimum absolute atomic E-state index is 0.0645. The fraction of sp³-hybridized carbons (Fsp3) is 0.389. The lowest BCUT2D eigenvalue weighted by Gasteiger charge is -2.32. The van der Waals surface area contributed by atoms with Crippen molar-refractivity contribution in [1.82, 2.24) is 19.8 Å². The number of piperidine rings is 1. The van der Waals surface area contributed by atoms with Crippen molar-refractivity contribution in [3.8, 4) is 0 Å². The van der Waals surface area contributed by atoms with E-state index in [0.29, 0.717) is 19.6 Å². The number of aromatic nitrogens is 2. The van der Waals surface area contributed by atoms with Gasteiger partial charge in [-0.05, 0) is 30.5 Å². The van der Waals surface area contributed by atoms with E-state index in [-0.39, 0.29) is 24.3 Å². The maximum Gasteiger partial charge on any atom is 0.317 e. The van der Waals surface area contributed by atoms with Crippen LogP contribution in [0.1, 0.15) is 30.1 Å². The number of rotatable bonds is 5. The highest BCUT2D eigenvalue weighted by atomic mass is 19.1. The highest BCUT2D eigenvalue weighted by Crippen LogP contribution is 2.25. The number of benzene rings is 1. The number of nitrogens with zero attached hydrogens (tertiary/aromatic N) is 3. The van der Waals surface area contributed by atoms with Gasteiger partial charge in [0.1, 0.15) is 18.2 Å². The molecule has 1 atom stereocenters. The zero-order valence-electron chi connectivity index (χ0n) is 14.4. The molecule has 1 aromatic heterocycles. The molecule has 1 aliphatic heterocycles. The van der Waals surface area contributed by atoms with Gasteiger partial charge < -0.3 is 20.5 Å². The van der Waals surface area contributed by atoms with Crippen LogP contribution >= 0.6 is 0 Å². The van der Waals surface area contributed by atoms with Crippen LogP contribution in [0.4, 0.5) is 9.18 Å². The molecule has 3 N–H and O–H groups in total. The van der Waals surface area contributed by atoms with Gasteiger partial charge in [-0.3, -0.25) is 4.79 Å². The second-order valence-electron chi connectivity index (χ2n) is 6.45. The molecule has 1 aromatic carbocycles. The van der Waals surface area contributed by atoms with Crippen LogP contribution in [0.25, 0.3) is 0 Å². The molecule has 0 spiro atoms. The summed E-state index contributed by atoms with van der Waals surface area (Å²) in [5.41, 5.74) is 6.11. The van der Waals surface area contributed by atoms with Crippen molar-refractivity contribution >= 4 is 11.9 Å². The highest BCUT2D eigenvalue weighted by molar-refractivity contribution is 5.74. The molecule has 1 unspecified atom stereocenters. The van der Waals surface area contributed by atoms with Crippen molar-refractivity contribution in [2.75, 3.05) is 13.1 Å². The summed E-state index contributed by atoms with van der Waals surface area (Å²) in [6.45, 7) is 1.63. The first-order valence-corrected chi connectivity index (χ1v) is 8.59. The predicted molar refractivity (Wildman–Crippen MR) is 93.6 cm³/mol. The summed E-state index contributed by atoms with van der Waals surface area (Å²) in [4.78, 5) is 29.7. The van der Waals surface area contributed by atoms with Gasteiger partial charge in [0.15, 0.2) is 0 Å². The van der Waals surface area contributed by atoms with E-state index in [2.05, 4.69) is 10.3 Å². The van der Waals surface area contributed by atoms with Crippen LogP contribution in [0.15, 0.2) is 36.7 Å². The molecular weight excluding hydrogens is 337 g/mol. The molecule has 1 aliphatic rings. The average Bonchev–Trinajstić information content (AvgIpc) is 3.08. The fourth-order valence-corrected chi connectivity index (χ4v) is 3.25. The molecule has 7 nitrogen and oxygen atoms in total. The zero-order chi connectivity index (χ0) is 18.5. The number of nitrogens with two attached hydrogens (primary N) is 1. The van der Waals surface area contributed by atoms with Gasteiger partial charge in [-0.25, -0.2) is 14.2 Å². The number of hydrogen-bond acceptors (Lipinski definition) is 3. The van der Waals surface area contributed by atoms with E-state index in [1.54, 1.807) is 34.0 Å². The molecule has 1 saturated heterocycles. The molecule has 0 aliphatic carbocycles. The van der Waals surface area contributed by atoms with E-state index in [1.165, 1.54) is 12.1 Å². The van der Waals surface area contributed by atoms with Crippen molar-refractivity contribution in [3.63, 3.8) is 0 Å². The summed E-state index contributed by atoms with van der Waals surface area (Å²) in [5, 5.41) is 2.86. The fourth-order valence-electron chi connectivity index (χ4n) is 3.25. The summed E-state index contributed by atoms with van der Waals surface area (Å²) in [7, 11) is 0. The van der Waals surface area contributed by atoms with Gasteiger partial charge in [-0.1, -0.05) is 12.1 Å². The Morgan fingerprint density at radius 1 is 1.31 bits per heavy atom. The molecule has 2 heterocycles. The van der Waals surface area contributed by atoms with Crippen molar-refractivity contribution < 1.29 is 14.0 Å². The molecule has 26 heavy (non-hydrogen) atoms. The number of amides is 3. The van der Waals surface area contributed by atoms with E-state index in [4.69, 9.17) is 5.73 Å². The van der Waals surface area contributed by atoms with E-state index < -0.39 is 5.91 Å². The maximum absolute atomic E-state index is 12.9. The summed E-state index contributed by atoms with van der Waals surface area (Å²) in [6.07, 6.45) is 5.13. The summed E-state index contributed by atoms with van der Waals surface area (Å²) < 4.78 is 14.7. The van der Waals surface area contributed by atoms with Crippen LogP contribution in [-0.2, 0) is 17.9 Å². The molecule has 3 amide bonds. The predicted octanol–water partition coefficient (Wildman–Crippen LogP) is 1.60. The Kier molecular flexibility index (Phi) is 5.50. The lowest BCUT2D eigenvalue weighted by Crippen LogP contribution is -2.45. The first-order chi connectivity index (χ1) is 12.5. The Morgan fingerprint density at radius 2 is 2.08 bits per heavy atom. The van der Waals surface area contributed by atoms with Crippen LogP contribution in [-0.4, -0.2) is 39.5 Å². The molecule has 1 fully saturated rings. The quantitative estimate of drug-likeness (QED) is 0.849. The summed E-state index contributed by atoms with van der Waals surface area (Å²) >= 11 is 0. The standard InChI is InChI=1S/C18H22FN5O2/c19-15-5-3-13(4-6-15)10-22-18(26)24-8-1-2-14(11-24)17-21-7-9-23(17)12-16(20)25/h3-7,9,14H,1-2,8,10-12H2,(H2,20,25)(H,22,26). The van der Waals surface area contributed by atoms with E-state index in [9.17, 15) is 14.0 Å². The van der Waals surface area contributed by atoms with Gasteiger partial charge in [0.2, 0.25) is 5.91 Å². The number of primary amides is 1. The van der Waals surface area contributed by atoms with Gasteiger partial charge in [0, 0.05) is 37.9 Å². The molecule has 0 saturated carbocycles. The number of carbonyl (C=O) groups excluding carboxylic acids is 2. The maximum atomic E-state index is 12.9. The Balaban J connectivity index is 1.59. The number of imidazole rings is 1. The average molecular weight is 359 g/mol. The smallest absolute Gasteiger partial charge is 0.317 e. The molecule has 0 radical (unpaired) electrons. The van der Waals surface area contributed by atoms with Crippen molar-refractivity contribution in [1.29, 1.82) is 0 Å². The SMILES string of the molecule is NC(=O)Cn1ccnc1C1CCCN(C(=O)NCc2ccc(F)cc2)C1. The van der Waals surface area contributed by atoms with Gasteiger partial charge >= 0.3 is 6.03 Å². The van der Waals surface area contributed by atoms with Gasteiger partial charge in [-0.2, -0.15) is 0 Å². The Hall–Kier alpha value is -2.90. The van der Waals surface area contributed by atoms with E-state index in [0.717, 1.165) is 24.2 Å². The third kappa shape index (κ3) is 4.38. The minimum atomic E-state index is -0.422. The zero-order valence-corrected chi connectivity index (χ0v) is 14.4. The number of halogens is 1.